The van der Waals surface area contributed by atoms with Crippen LogP contribution in [0.4, 0.5) is 5.69 Å². The Morgan fingerprint density at radius 3 is 2.95 bits per heavy atom. The van der Waals surface area contributed by atoms with Crippen LogP contribution < -0.4 is 11.1 Å². The van der Waals surface area contributed by atoms with Gasteiger partial charge < -0.3 is 15.8 Å². The first-order valence-electron chi connectivity index (χ1n) is 7.18. The van der Waals surface area contributed by atoms with Crippen molar-refractivity contribution >= 4 is 29.3 Å². The number of morpholine rings is 1. The molecule has 2 rings (SSSR count). The smallest absolute Gasteiger partial charge is 0.238 e. The Labute approximate surface area is 134 Å². The number of hydrogen-bond donors (Lipinski definition) is 2. The summed E-state index contributed by atoms with van der Waals surface area (Å²) in [6.07, 6.45) is 0.153. The summed E-state index contributed by atoms with van der Waals surface area (Å²) in [6, 6.07) is 7.40. The number of primary amides is 1. The second kappa shape index (κ2) is 8.17. The van der Waals surface area contributed by atoms with Crippen molar-refractivity contribution in [2.45, 2.75) is 17.9 Å². The number of amides is 2. The van der Waals surface area contributed by atoms with Crippen molar-refractivity contribution in [2.24, 2.45) is 5.73 Å². The molecule has 6 nitrogen and oxygen atoms in total. The summed E-state index contributed by atoms with van der Waals surface area (Å²) in [7, 11) is 0. The van der Waals surface area contributed by atoms with Gasteiger partial charge in [0.2, 0.25) is 11.8 Å². The molecule has 1 fully saturated rings. The van der Waals surface area contributed by atoms with Gasteiger partial charge >= 0.3 is 0 Å². The molecule has 0 radical (unpaired) electrons. The van der Waals surface area contributed by atoms with Gasteiger partial charge in [0.05, 0.1) is 30.7 Å². The zero-order chi connectivity index (χ0) is 15.9. The lowest BCUT2D eigenvalue weighted by Crippen LogP contribution is -2.44. The van der Waals surface area contributed by atoms with Gasteiger partial charge in [0.15, 0.2) is 0 Å². The Hall–Kier alpha value is -1.57. The summed E-state index contributed by atoms with van der Waals surface area (Å²) in [6.45, 7) is 4.50. The molecule has 1 aromatic carbocycles. The molecular formula is C15H21N3O3S. The summed E-state index contributed by atoms with van der Waals surface area (Å²) in [5, 5.41) is 2.90. The summed E-state index contributed by atoms with van der Waals surface area (Å²) < 4.78 is 5.46. The van der Waals surface area contributed by atoms with Gasteiger partial charge in [0.25, 0.3) is 0 Å². The van der Waals surface area contributed by atoms with E-state index in [9.17, 15) is 9.59 Å². The molecule has 0 aromatic heterocycles. The van der Waals surface area contributed by atoms with Crippen molar-refractivity contribution in [2.75, 3.05) is 37.3 Å². The Bertz CT molecular complexity index is 539. The highest BCUT2D eigenvalue weighted by molar-refractivity contribution is 8.00. The van der Waals surface area contributed by atoms with Crippen molar-refractivity contribution in [1.29, 1.82) is 0 Å². The van der Waals surface area contributed by atoms with Crippen LogP contribution in [0.3, 0.4) is 0 Å². The van der Waals surface area contributed by atoms with Crippen molar-refractivity contribution in [1.82, 2.24) is 4.90 Å². The molecule has 1 aromatic rings. The van der Waals surface area contributed by atoms with Gasteiger partial charge in [-0.05, 0) is 19.1 Å². The minimum absolute atomic E-state index is 0.0683. The lowest BCUT2D eigenvalue weighted by atomic mass is 10.3. The van der Waals surface area contributed by atoms with Crippen LogP contribution in [-0.2, 0) is 14.3 Å². The van der Waals surface area contributed by atoms with E-state index in [1.54, 1.807) is 0 Å². The SMILES string of the molecule is CC1CN(CC(=O)Nc2ccccc2SCC(N)=O)CCO1. The third-order valence-electron chi connectivity index (χ3n) is 3.22. The van der Waals surface area contributed by atoms with Crippen LogP contribution in [0, 0.1) is 0 Å². The van der Waals surface area contributed by atoms with E-state index >= 15 is 0 Å². The summed E-state index contributed by atoms with van der Waals surface area (Å²) in [5.74, 6) is -0.261. The van der Waals surface area contributed by atoms with Crippen LogP contribution in [0.1, 0.15) is 6.92 Å². The van der Waals surface area contributed by atoms with Gasteiger partial charge in [0.1, 0.15) is 0 Å². The molecule has 2 amide bonds. The number of nitrogens with zero attached hydrogens (tertiary/aromatic N) is 1. The first kappa shape index (κ1) is 16.8. The van der Waals surface area contributed by atoms with Crippen LogP contribution in [0.15, 0.2) is 29.2 Å². The zero-order valence-electron chi connectivity index (χ0n) is 12.6. The quantitative estimate of drug-likeness (QED) is 0.761. The van der Waals surface area contributed by atoms with Crippen LogP contribution in [0.5, 0.6) is 0 Å². The summed E-state index contributed by atoms with van der Waals surface area (Å²) >= 11 is 1.32. The molecule has 1 unspecified atom stereocenters. The first-order valence-corrected chi connectivity index (χ1v) is 8.17. The number of anilines is 1. The van der Waals surface area contributed by atoms with Crippen molar-refractivity contribution in [3.63, 3.8) is 0 Å². The molecule has 0 bridgehead atoms. The number of thioether (sulfide) groups is 1. The Kier molecular flexibility index (Phi) is 6.23. The third-order valence-corrected chi connectivity index (χ3v) is 4.32. The van der Waals surface area contributed by atoms with Crippen molar-refractivity contribution < 1.29 is 14.3 Å². The van der Waals surface area contributed by atoms with Crippen LogP contribution in [0.25, 0.3) is 0 Å². The van der Waals surface area contributed by atoms with E-state index in [0.29, 0.717) is 18.8 Å². The predicted octanol–water partition coefficient (Wildman–Crippen LogP) is 0.923. The normalized spacial score (nSPS) is 18.9. The van der Waals surface area contributed by atoms with Gasteiger partial charge in [0, 0.05) is 18.0 Å². The van der Waals surface area contributed by atoms with Gasteiger partial charge in [-0.1, -0.05) is 12.1 Å². The number of nitrogens with two attached hydrogens (primary N) is 1. The third kappa shape index (κ3) is 5.32. The van der Waals surface area contributed by atoms with Gasteiger partial charge in [-0.2, -0.15) is 0 Å². The molecule has 1 saturated heterocycles. The average molecular weight is 323 g/mol. The average Bonchev–Trinajstić information content (AvgIpc) is 2.46. The molecule has 22 heavy (non-hydrogen) atoms. The van der Waals surface area contributed by atoms with Crippen LogP contribution in [-0.4, -0.2) is 54.8 Å². The summed E-state index contributed by atoms with van der Waals surface area (Å²) in [4.78, 5) is 26.0. The van der Waals surface area contributed by atoms with Gasteiger partial charge in [-0.3, -0.25) is 14.5 Å². The molecule has 1 atom stereocenters. The number of carbonyl (C=O) groups excluding carboxylic acids is 2. The monoisotopic (exact) mass is 323 g/mol. The highest BCUT2D eigenvalue weighted by atomic mass is 32.2. The number of hydrogen-bond acceptors (Lipinski definition) is 5. The number of nitrogens with one attached hydrogen (secondary N) is 1. The number of ether oxygens (including phenoxy) is 1. The fourth-order valence-corrected chi connectivity index (χ4v) is 3.02. The Morgan fingerprint density at radius 1 is 1.45 bits per heavy atom. The lowest BCUT2D eigenvalue weighted by molar-refractivity contribution is -0.119. The van der Waals surface area contributed by atoms with E-state index in [0.717, 1.165) is 18.0 Å². The molecule has 1 aliphatic rings. The maximum atomic E-state index is 12.2. The highest BCUT2D eigenvalue weighted by Gasteiger charge is 2.19. The van der Waals surface area contributed by atoms with E-state index in [1.165, 1.54) is 11.8 Å². The topological polar surface area (TPSA) is 84.7 Å². The minimum Gasteiger partial charge on any atom is -0.376 e. The zero-order valence-corrected chi connectivity index (χ0v) is 13.4. The Balaban J connectivity index is 1.91. The molecule has 1 heterocycles. The predicted molar refractivity (Wildman–Crippen MR) is 86.8 cm³/mol. The van der Waals surface area contributed by atoms with Crippen molar-refractivity contribution in [3.05, 3.63) is 24.3 Å². The number of rotatable bonds is 6. The molecule has 0 spiro atoms. The van der Waals surface area contributed by atoms with E-state index in [1.807, 2.05) is 31.2 Å². The van der Waals surface area contributed by atoms with E-state index in [2.05, 4.69) is 10.2 Å². The molecule has 0 saturated carbocycles. The van der Waals surface area contributed by atoms with Crippen LogP contribution in [0.2, 0.25) is 0 Å². The molecular weight excluding hydrogens is 302 g/mol. The standard InChI is InChI=1S/C15H21N3O3S/c1-11-8-18(6-7-21-11)9-15(20)17-12-4-2-3-5-13(12)22-10-14(16)19/h2-5,11H,6-10H2,1H3,(H2,16,19)(H,17,20). The Morgan fingerprint density at radius 2 is 2.23 bits per heavy atom. The molecule has 120 valence electrons. The largest absolute Gasteiger partial charge is 0.376 e. The second-order valence-corrected chi connectivity index (χ2v) is 6.23. The molecule has 1 aliphatic heterocycles. The second-order valence-electron chi connectivity index (χ2n) is 5.22. The fourth-order valence-electron chi connectivity index (χ4n) is 2.27. The van der Waals surface area contributed by atoms with Gasteiger partial charge in [-0.25, -0.2) is 0 Å². The first-order chi connectivity index (χ1) is 10.5. The van der Waals surface area contributed by atoms with E-state index in [-0.39, 0.29) is 23.7 Å². The number of benzene rings is 1. The van der Waals surface area contributed by atoms with Gasteiger partial charge in [-0.15, -0.1) is 11.8 Å². The fraction of sp³-hybridized carbons (Fsp3) is 0.467. The minimum atomic E-state index is -0.381. The van der Waals surface area contributed by atoms with E-state index < -0.39 is 0 Å². The van der Waals surface area contributed by atoms with Crippen molar-refractivity contribution in [3.8, 4) is 0 Å². The molecule has 0 aliphatic carbocycles. The maximum absolute atomic E-state index is 12.2. The number of carbonyl (C=O) groups is 2. The number of para-hydroxylation sites is 1. The lowest BCUT2D eigenvalue weighted by Gasteiger charge is -2.30. The van der Waals surface area contributed by atoms with Crippen LogP contribution >= 0.6 is 11.8 Å². The van der Waals surface area contributed by atoms with E-state index in [4.69, 9.17) is 10.5 Å². The summed E-state index contributed by atoms with van der Waals surface area (Å²) in [5.41, 5.74) is 5.87. The highest BCUT2D eigenvalue weighted by Crippen LogP contribution is 2.26. The molecule has 3 N–H and O–H groups in total. The maximum Gasteiger partial charge on any atom is 0.238 e. The molecule has 7 heteroatoms.